The van der Waals surface area contributed by atoms with Crippen molar-refractivity contribution < 1.29 is 9.53 Å². The van der Waals surface area contributed by atoms with Gasteiger partial charge in [0.2, 0.25) is 0 Å². The number of ether oxygens (including phenoxy) is 1. The van der Waals surface area contributed by atoms with E-state index in [9.17, 15) is 4.79 Å². The zero-order valence-electron chi connectivity index (χ0n) is 11.9. The molecule has 1 heterocycles. The minimum Gasteiger partial charge on any atom is -0.378 e. The van der Waals surface area contributed by atoms with E-state index in [0.29, 0.717) is 24.5 Å². The number of morpholine rings is 1. The lowest BCUT2D eigenvalue weighted by Crippen LogP contribution is -2.53. The van der Waals surface area contributed by atoms with Gasteiger partial charge in [0.25, 0.3) is 0 Å². The van der Waals surface area contributed by atoms with E-state index in [0.717, 1.165) is 25.6 Å². The number of amides is 2. The lowest BCUT2D eigenvalue weighted by Gasteiger charge is -2.52. The van der Waals surface area contributed by atoms with Gasteiger partial charge < -0.3 is 15.0 Å². The molecule has 1 aliphatic carbocycles. The molecule has 1 N–H and O–H groups in total. The van der Waals surface area contributed by atoms with Crippen molar-refractivity contribution in [1.82, 2.24) is 10.2 Å². The van der Waals surface area contributed by atoms with E-state index in [2.05, 4.69) is 26.1 Å². The third-order valence-corrected chi connectivity index (χ3v) is 4.96. The fourth-order valence-corrected chi connectivity index (χ4v) is 3.25. The molecule has 1 saturated carbocycles. The van der Waals surface area contributed by atoms with Gasteiger partial charge in [0.05, 0.1) is 13.2 Å². The Morgan fingerprint density at radius 3 is 2.56 bits per heavy atom. The SMILES string of the molecule is CC[C@H]1C[C@@H](CNC(=O)N2CCOCC2)C1(C)C. The Morgan fingerprint density at radius 1 is 1.33 bits per heavy atom. The van der Waals surface area contributed by atoms with Crippen molar-refractivity contribution in [2.45, 2.75) is 33.6 Å². The lowest BCUT2D eigenvalue weighted by molar-refractivity contribution is -0.0207. The number of nitrogens with one attached hydrogen (secondary N) is 1. The van der Waals surface area contributed by atoms with Crippen LogP contribution in [0.25, 0.3) is 0 Å². The van der Waals surface area contributed by atoms with Gasteiger partial charge in [-0.2, -0.15) is 0 Å². The van der Waals surface area contributed by atoms with Gasteiger partial charge in [-0.05, 0) is 23.7 Å². The van der Waals surface area contributed by atoms with E-state index in [1.165, 1.54) is 12.8 Å². The highest BCUT2D eigenvalue weighted by Crippen LogP contribution is 2.52. The summed E-state index contributed by atoms with van der Waals surface area (Å²) in [7, 11) is 0. The first-order valence-electron chi connectivity index (χ1n) is 7.16. The Balaban J connectivity index is 1.73. The van der Waals surface area contributed by atoms with Crippen LogP contribution in [-0.4, -0.2) is 43.8 Å². The summed E-state index contributed by atoms with van der Waals surface area (Å²) in [5.74, 6) is 1.45. The zero-order valence-corrected chi connectivity index (χ0v) is 11.9. The van der Waals surface area contributed by atoms with Gasteiger partial charge in [0, 0.05) is 19.6 Å². The maximum Gasteiger partial charge on any atom is 0.317 e. The number of nitrogens with zero attached hydrogens (tertiary/aromatic N) is 1. The summed E-state index contributed by atoms with van der Waals surface area (Å²) in [4.78, 5) is 13.8. The summed E-state index contributed by atoms with van der Waals surface area (Å²) < 4.78 is 5.25. The molecule has 1 aliphatic heterocycles. The average molecular weight is 254 g/mol. The molecule has 0 unspecified atom stereocenters. The second-order valence-corrected chi connectivity index (χ2v) is 6.14. The van der Waals surface area contributed by atoms with E-state index in [-0.39, 0.29) is 6.03 Å². The van der Waals surface area contributed by atoms with Gasteiger partial charge in [-0.25, -0.2) is 4.79 Å². The molecular weight excluding hydrogens is 228 g/mol. The maximum atomic E-state index is 12.0. The molecular formula is C14H26N2O2. The molecule has 0 aromatic heterocycles. The van der Waals surface area contributed by atoms with Gasteiger partial charge in [-0.3, -0.25) is 0 Å². The summed E-state index contributed by atoms with van der Waals surface area (Å²) in [5, 5.41) is 3.09. The zero-order chi connectivity index (χ0) is 13.2. The number of hydrogen-bond acceptors (Lipinski definition) is 2. The average Bonchev–Trinajstić information content (AvgIpc) is 2.38. The molecule has 4 nitrogen and oxygen atoms in total. The van der Waals surface area contributed by atoms with E-state index in [1.54, 1.807) is 0 Å². The van der Waals surface area contributed by atoms with Crippen LogP contribution in [-0.2, 0) is 4.74 Å². The first kappa shape index (κ1) is 13.7. The molecule has 2 atom stereocenters. The summed E-state index contributed by atoms with van der Waals surface area (Å²) in [6.45, 7) is 10.5. The molecule has 18 heavy (non-hydrogen) atoms. The van der Waals surface area contributed by atoms with Crippen molar-refractivity contribution >= 4 is 6.03 Å². The first-order valence-corrected chi connectivity index (χ1v) is 7.16. The van der Waals surface area contributed by atoms with Gasteiger partial charge in [0.15, 0.2) is 0 Å². The number of carbonyl (C=O) groups is 1. The fourth-order valence-electron chi connectivity index (χ4n) is 3.25. The van der Waals surface area contributed by atoms with E-state index in [1.807, 2.05) is 4.90 Å². The van der Waals surface area contributed by atoms with Crippen molar-refractivity contribution in [3.63, 3.8) is 0 Å². The van der Waals surface area contributed by atoms with Crippen LogP contribution in [0.3, 0.4) is 0 Å². The molecule has 0 aromatic carbocycles. The van der Waals surface area contributed by atoms with Crippen LogP contribution in [0, 0.1) is 17.3 Å². The molecule has 2 rings (SSSR count). The highest BCUT2D eigenvalue weighted by molar-refractivity contribution is 5.74. The molecule has 0 spiro atoms. The quantitative estimate of drug-likeness (QED) is 0.838. The Hall–Kier alpha value is -0.770. The van der Waals surface area contributed by atoms with Crippen LogP contribution in [0.5, 0.6) is 0 Å². The standard InChI is InChI=1S/C14H26N2O2/c1-4-11-9-12(14(11,2)3)10-15-13(17)16-5-7-18-8-6-16/h11-12H,4-10H2,1-3H3,(H,15,17)/t11-,12-/m0/s1. The van der Waals surface area contributed by atoms with Crippen molar-refractivity contribution in [3.8, 4) is 0 Å². The summed E-state index contributed by atoms with van der Waals surface area (Å²) in [5.41, 5.74) is 0.382. The number of urea groups is 1. The normalized spacial score (nSPS) is 30.7. The molecule has 2 aliphatic rings. The lowest BCUT2D eigenvalue weighted by atomic mass is 9.54. The largest absolute Gasteiger partial charge is 0.378 e. The maximum absolute atomic E-state index is 12.0. The van der Waals surface area contributed by atoms with Crippen LogP contribution in [0.4, 0.5) is 4.79 Å². The Kier molecular flexibility index (Phi) is 4.15. The third-order valence-electron chi connectivity index (χ3n) is 4.96. The number of hydrogen-bond donors (Lipinski definition) is 1. The number of carbonyl (C=O) groups excluding carboxylic acids is 1. The van der Waals surface area contributed by atoms with E-state index < -0.39 is 0 Å². The predicted octanol–water partition coefficient (Wildman–Crippen LogP) is 2.10. The first-order chi connectivity index (χ1) is 8.55. The topological polar surface area (TPSA) is 41.6 Å². The van der Waals surface area contributed by atoms with Crippen LogP contribution >= 0.6 is 0 Å². The van der Waals surface area contributed by atoms with E-state index >= 15 is 0 Å². The van der Waals surface area contributed by atoms with Crippen LogP contribution < -0.4 is 5.32 Å². The summed E-state index contributed by atoms with van der Waals surface area (Å²) >= 11 is 0. The van der Waals surface area contributed by atoms with Gasteiger partial charge >= 0.3 is 6.03 Å². The second-order valence-electron chi connectivity index (χ2n) is 6.14. The molecule has 0 bridgehead atoms. The van der Waals surface area contributed by atoms with Gasteiger partial charge in [0.1, 0.15) is 0 Å². The highest BCUT2D eigenvalue weighted by Gasteiger charge is 2.46. The second kappa shape index (κ2) is 5.47. The van der Waals surface area contributed by atoms with Gasteiger partial charge in [-0.1, -0.05) is 27.2 Å². The van der Waals surface area contributed by atoms with Crippen molar-refractivity contribution in [3.05, 3.63) is 0 Å². The molecule has 2 amide bonds. The van der Waals surface area contributed by atoms with Crippen LogP contribution in [0.1, 0.15) is 33.6 Å². The molecule has 4 heteroatoms. The van der Waals surface area contributed by atoms with Crippen molar-refractivity contribution in [2.75, 3.05) is 32.8 Å². The third kappa shape index (κ3) is 2.63. The van der Waals surface area contributed by atoms with Crippen molar-refractivity contribution in [2.24, 2.45) is 17.3 Å². The van der Waals surface area contributed by atoms with Crippen LogP contribution in [0.2, 0.25) is 0 Å². The van der Waals surface area contributed by atoms with Crippen LogP contribution in [0.15, 0.2) is 0 Å². The Bertz CT molecular complexity index is 298. The smallest absolute Gasteiger partial charge is 0.317 e. The molecule has 1 saturated heterocycles. The fraction of sp³-hybridized carbons (Fsp3) is 0.929. The van der Waals surface area contributed by atoms with Crippen molar-refractivity contribution in [1.29, 1.82) is 0 Å². The number of rotatable bonds is 3. The molecule has 104 valence electrons. The van der Waals surface area contributed by atoms with E-state index in [4.69, 9.17) is 4.74 Å². The minimum absolute atomic E-state index is 0.0778. The molecule has 2 fully saturated rings. The molecule has 0 aromatic rings. The molecule has 0 radical (unpaired) electrons. The monoisotopic (exact) mass is 254 g/mol. The predicted molar refractivity (Wildman–Crippen MR) is 71.5 cm³/mol. The van der Waals surface area contributed by atoms with Gasteiger partial charge in [-0.15, -0.1) is 0 Å². The minimum atomic E-state index is 0.0778. The Morgan fingerprint density at radius 2 is 2.00 bits per heavy atom. The summed E-state index contributed by atoms with van der Waals surface area (Å²) in [6.07, 6.45) is 2.51. The highest BCUT2D eigenvalue weighted by atomic mass is 16.5. The summed E-state index contributed by atoms with van der Waals surface area (Å²) in [6, 6.07) is 0.0778. The Labute approximate surface area is 110 Å².